The molecule has 0 radical (unpaired) electrons. The first-order chi connectivity index (χ1) is 10.1. The van der Waals surface area contributed by atoms with Crippen molar-refractivity contribution >= 4 is 17.2 Å². The second kappa shape index (κ2) is 7.07. The van der Waals surface area contributed by atoms with Crippen molar-refractivity contribution in [3.63, 3.8) is 0 Å². The van der Waals surface area contributed by atoms with Crippen molar-refractivity contribution in [3.8, 4) is 11.8 Å². The maximum absolute atomic E-state index is 12.3. The van der Waals surface area contributed by atoms with Gasteiger partial charge in [0.05, 0.1) is 24.9 Å². The molecule has 0 fully saturated rings. The van der Waals surface area contributed by atoms with Crippen molar-refractivity contribution in [2.75, 3.05) is 13.7 Å². The Kier molecular flexibility index (Phi) is 5.14. The van der Waals surface area contributed by atoms with E-state index in [9.17, 15) is 4.79 Å². The van der Waals surface area contributed by atoms with E-state index in [1.54, 1.807) is 29.5 Å². The molecular formula is C15H17N3O2S. The molecule has 1 amide bonds. The first-order valence-electron chi connectivity index (χ1n) is 6.54. The van der Waals surface area contributed by atoms with E-state index in [1.807, 2.05) is 18.4 Å². The number of aryl methyl sites for hydroxylation is 1. The number of aromatic amines is 1. The number of carbonyl (C=O) groups excluding carboxylic acids is 1. The summed E-state index contributed by atoms with van der Waals surface area (Å²) in [6, 6.07) is 1.97. The summed E-state index contributed by atoms with van der Waals surface area (Å²) in [5, 5.41) is 17.3. The number of aromatic nitrogens is 2. The summed E-state index contributed by atoms with van der Waals surface area (Å²) in [6.45, 7) is 2.44. The summed E-state index contributed by atoms with van der Waals surface area (Å²) in [5.41, 5.74) is 2.29. The number of amides is 1. The van der Waals surface area contributed by atoms with Gasteiger partial charge in [0.15, 0.2) is 0 Å². The minimum Gasteiger partial charge on any atom is -0.395 e. The number of nitrogens with one attached hydrogen (secondary N) is 1. The van der Waals surface area contributed by atoms with E-state index < -0.39 is 0 Å². The Morgan fingerprint density at radius 3 is 3.05 bits per heavy atom. The minimum atomic E-state index is -0.0532. The Morgan fingerprint density at radius 1 is 1.57 bits per heavy atom. The van der Waals surface area contributed by atoms with E-state index in [4.69, 9.17) is 5.11 Å². The van der Waals surface area contributed by atoms with E-state index in [0.29, 0.717) is 18.5 Å². The van der Waals surface area contributed by atoms with Gasteiger partial charge in [-0.15, -0.1) is 11.3 Å². The van der Waals surface area contributed by atoms with Gasteiger partial charge < -0.3 is 10.0 Å². The summed E-state index contributed by atoms with van der Waals surface area (Å²) < 4.78 is 0. The molecule has 0 aliphatic heterocycles. The summed E-state index contributed by atoms with van der Waals surface area (Å²) in [4.78, 5) is 15.0. The lowest BCUT2D eigenvalue weighted by molar-refractivity contribution is 0.0786. The van der Waals surface area contributed by atoms with Crippen molar-refractivity contribution in [2.45, 2.75) is 19.9 Å². The van der Waals surface area contributed by atoms with Crippen molar-refractivity contribution in [2.24, 2.45) is 0 Å². The lowest BCUT2D eigenvalue weighted by Gasteiger charge is -2.15. The highest BCUT2D eigenvalue weighted by Crippen LogP contribution is 2.17. The van der Waals surface area contributed by atoms with Crippen LogP contribution in [0.15, 0.2) is 17.6 Å². The average Bonchev–Trinajstić information content (AvgIpc) is 3.07. The Balaban J connectivity index is 2.00. The van der Waals surface area contributed by atoms with Crippen LogP contribution in [0.3, 0.4) is 0 Å². The van der Waals surface area contributed by atoms with Gasteiger partial charge in [0.1, 0.15) is 0 Å². The SMILES string of the molecule is Cc1[nH]ncc1C(=O)N(C)Cc1cc(C#CCCO)cs1. The number of carbonyl (C=O) groups is 1. The molecule has 0 atom stereocenters. The number of aliphatic hydroxyl groups excluding tert-OH is 1. The third-order valence-electron chi connectivity index (χ3n) is 2.92. The van der Waals surface area contributed by atoms with Gasteiger partial charge in [-0.25, -0.2) is 0 Å². The molecule has 0 aromatic carbocycles. The fourth-order valence-corrected chi connectivity index (χ4v) is 2.70. The first-order valence-corrected chi connectivity index (χ1v) is 7.42. The molecule has 0 bridgehead atoms. The number of rotatable bonds is 4. The minimum absolute atomic E-state index is 0.0532. The zero-order valence-corrected chi connectivity index (χ0v) is 12.8. The molecule has 2 N–H and O–H groups in total. The smallest absolute Gasteiger partial charge is 0.257 e. The maximum atomic E-state index is 12.3. The van der Waals surface area contributed by atoms with Gasteiger partial charge in [-0.1, -0.05) is 11.8 Å². The number of aliphatic hydroxyl groups is 1. The van der Waals surface area contributed by atoms with Gasteiger partial charge >= 0.3 is 0 Å². The molecule has 5 nitrogen and oxygen atoms in total. The van der Waals surface area contributed by atoms with E-state index in [1.165, 1.54) is 0 Å². The number of thiophene rings is 1. The Labute approximate surface area is 127 Å². The van der Waals surface area contributed by atoms with Crippen LogP contribution in [0.2, 0.25) is 0 Å². The Morgan fingerprint density at radius 2 is 2.38 bits per heavy atom. The molecule has 21 heavy (non-hydrogen) atoms. The van der Waals surface area contributed by atoms with Crippen LogP contribution in [-0.2, 0) is 6.54 Å². The van der Waals surface area contributed by atoms with Crippen LogP contribution in [0.4, 0.5) is 0 Å². The Hall–Kier alpha value is -2.10. The topological polar surface area (TPSA) is 69.2 Å². The molecule has 0 spiro atoms. The van der Waals surface area contributed by atoms with Gasteiger partial charge in [0, 0.05) is 35.0 Å². The zero-order valence-electron chi connectivity index (χ0n) is 12.0. The predicted octanol–water partition coefficient (Wildman–Crippen LogP) is 1.79. The molecule has 110 valence electrons. The molecule has 6 heteroatoms. The van der Waals surface area contributed by atoms with Crippen LogP contribution < -0.4 is 0 Å². The molecule has 0 saturated carbocycles. The van der Waals surface area contributed by atoms with E-state index in [0.717, 1.165) is 16.1 Å². The molecule has 0 unspecified atom stereocenters. The quantitative estimate of drug-likeness (QED) is 0.846. The van der Waals surface area contributed by atoms with Gasteiger partial charge in [-0.2, -0.15) is 5.10 Å². The number of hydrogen-bond acceptors (Lipinski definition) is 4. The highest BCUT2D eigenvalue weighted by molar-refractivity contribution is 7.10. The molecule has 0 saturated heterocycles. The summed E-state index contributed by atoms with van der Waals surface area (Å²) >= 11 is 1.57. The lowest BCUT2D eigenvalue weighted by atomic mass is 10.2. The van der Waals surface area contributed by atoms with Crippen LogP contribution in [-0.4, -0.2) is 39.8 Å². The summed E-state index contributed by atoms with van der Waals surface area (Å²) in [6.07, 6.45) is 2.03. The van der Waals surface area contributed by atoms with Crippen LogP contribution in [0.5, 0.6) is 0 Å². The maximum Gasteiger partial charge on any atom is 0.257 e. The monoisotopic (exact) mass is 303 g/mol. The van der Waals surface area contributed by atoms with Crippen molar-refractivity contribution in [3.05, 3.63) is 39.3 Å². The number of hydrogen-bond donors (Lipinski definition) is 2. The molecule has 2 rings (SSSR count). The number of H-pyrrole nitrogens is 1. The molecular weight excluding hydrogens is 286 g/mol. The van der Waals surface area contributed by atoms with E-state index in [-0.39, 0.29) is 12.5 Å². The van der Waals surface area contributed by atoms with Gasteiger partial charge in [-0.05, 0) is 13.0 Å². The van der Waals surface area contributed by atoms with Gasteiger partial charge in [-0.3, -0.25) is 9.89 Å². The predicted molar refractivity (Wildman–Crippen MR) is 82.0 cm³/mol. The highest BCUT2D eigenvalue weighted by atomic mass is 32.1. The molecule has 0 aliphatic rings. The van der Waals surface area contributed by atoms with Gasteiger partial charge in [0.25, 0.3) is 5.91 Å². The zero-order chi connectivity index (χ0) is 15.2. The largest absolute Gasteiger partial charge is 0.395 e. The molecule has 0 aliphatic carbocycles. The van der Waals surface area contributed by atoms with E-state index >= 15 is 0 Å². The Bertz CT molecular complexity index is 678. The van der Waals surface area contributed by atoms with Gasteiger partial charge in [0.2, 0.25) is 0 Å². The standard InChI is InChI=1S/C15H17N3O2S/c1-11-14(8-16-17-11)15(20)18(2)9-13-7-12(10-21-13)5-3-4-6-19/h7-8,10,19H,4,6,9H2,1-2H3,(H,16,17). The summed E-state index contributed by atoms with van der Waals surface area (Å²) in [7, 11) is 1.77. The fraction of sp³-hybridized carbons (Fsp3) is 0.333. The lowest BCUT2D eigenvalue weighted by Crippen LogP contribution is -2.26. The molecule has 2 heterocycles. The van der Waals surface area contributed by atoms with Crippen molar-refractivity contribution in [1.29, 1.82) is 0 Å². The fourth-order valence-electron chi connectivity index (χ4n) is 1.83. The van der Waals surface area contributed by atoms with Crippen molar-refractivity contribution < 1.29 is 9.90 Å². The second-order valence-corrected chi connectivity index (χ2v) is 5.64. The first kappa shape index (κ1) is 15.3. The van der Waals surface area contributed by atoms with Crippen LogP contribution in [0, 0.1) is 18.8 Å². The summed E-state index contributed by atoms with van der Waals surface area (Å²) in [5.74, 6) is 5.82. The van der Waals surface area contributed by atoms with Crippen LogP contribution in [0.1, 0.15) is 32.9 Å². The molecule has 2 aromatic rings. The van der Waals surface area contributed by atoms with Crippen LogP contribution >= 0.6 is 11.3 Å². The third-order valence-corrected chi connectivity index (χ3v) is 3.84. The molecule has 2 aromatic heterocycles. The average molecular weight is 303 g/mol. The third kappa shape index (κ3) is 3.94. The van der Waals surface area contributed by atoms with Crippen LogP contribution in [0.25, 0.3) is 0 Å². The van der Waals surface area contributed by atoms with Crippen molar-refractivity contribution in [1.82, 2.24) is 15.1 Å². The second-order valence-electron chi connectivity index (χ2n) is 4.65. The number of nitrogens with zero attached hydrogens (tertiary/aromatic N) is 2. The highest BCUT2D eigenvalue weighted by Gasteiger charge is 2.16. The normalized spacial score (nSPS) is 10.0. The van der Waals surface area contributed by atoms with E-state index in [2.05, 4.69) is 22.0 Å².